The van der Waals surface area contributed by atoms with Crippen LogP contribution in [0.15, 0.2) is 30.0 Å². The van der Waals surface area contributed by atoms with Gasteiger partial charge in [-0.25, -0.2) is 9.67 Å². The van der Waals surface area contributed by atoms with Crippen LogP contribution in [0.25, 0.3) is 6.20 Å². The number of aliphatic imine (C=N–C) groups is 1. The first-order chi connectivity index (χ1) is 7.10. The molecule has 0 aromatic carbocycles. The highest BCUT2D eigenvalue weighted by molar-refractivity contribution is 5.99. The number of allylic oxidation sites excluding steroid dienone is 1. The van der Waals surface area contributed by atoms with Gasteiger partial charge in [0.1, 0.15) is 5.56 Å². The topological polar surface area (TPSA) is 59.3 Å². The second-order valence-electron chi connectivity index (χ2n) is 2.90. The van der Waals surface area contributed by atoms with Crippen LogP contribution in [-0.4, -0.2) is 22.4 Å². The van der Waals surface area contributed by atoms with Gasteiger partial charge in [0.15, 0.2) is 5.82 Å². The van der Waals surface area contributed by atoms with Crippen LogP contribution < -0.4 is 5.32 Å². The Balaban J connectivity index is 3.09. The molecular weight excluding hydrogens is 192 g/mol. The van der Waals surface area contributed by atoms with Gasteiger partial charge in [-0.3, -0.25) is 4.79 Å². The Labute approximate surface area is 87.8 Å². The first-order valence-electron chi connectivity index (χ1n) is 4.23. The number of carbonyl (C=O) groups is 1. The van der Waals surface area contributed by atoms with Gasteiger partial charge in [-0.1, -0.05) is 13.2 Å². The van der Waals surface area contributed by atoms with Gasteiger partial charge in [0, 0.05) is 11.9 Å². The van der Waals surface area contributed by atoms with E-state index in [1.54, 1.807) is 6.92 Å². The van der Waals surface area contributed by atoms with Crippen LogP contribution >= 0.6 is 0 Å². The molecule has 0 spiro atoms. The fraction of sp³-hybridized carbons (Fsp3) is 0.100. The highest BCUT2D eigenvalue weighted by Gasteiger charge is 2.15. The van der Waals surface area contributed by atoms with E-state index in [1.807, 2.05) is 0 Å². The molecule has 0 saturated heterocycles. The van der Waals surface area contributed by atoms with Crippen molar-refractivity contribution in [3.8, 4) is 0 Å². The first-order valence-corrected chi connectivity index (χ1v) is 4.23. The summed E-state index contributed by atoms with van der Waals surface area (Å²) in [5, 5.41) is 6.47. The number of aromatic nitrogens is 2. The molecule has 0 aliphatic carbocycles. The van der Waals surface area contributed by atoms with Crippen molar-refractivity contribution in [3.63, 3.8) is 0 Å². The maximum Gasteiger partial charge on any atom is 0.260 e. The largest absolute Gasteiger partial charge is 0.326 e. The van der Waals surface area contributed by atoms with Crippen molar-refractivity contribution in [2.75, 3.05) is 0 Å². The third kappa shape index (κ3) is 2.19. The van der Waals surface area contributed by atoms with Gasteiger partial charge >= 0.3 is 0 Å². The molecule has 1 aromatic heterocycles. The van der Waals surface area contributed by atoms with Gasteiger partial charge in [-0.15, -0.1) is 0 Å². The molecule has 0 unspecified atom stereocenters. The van der Waals surface area contributed by atoms with Crippen LogP contribution in [0.2, 0.25) is 0 Å². The molecule has 1 N–H and O–H groups in total. The van der Waals surface area contributed by atoms with Crippen molar-refractivity contribution in [1.29, 1.82) is 0 Å². The lowest BCUT2D eigenvalue weighted by Gasteiger charge is -2.02. The van der Waals surface area contributed by atoms with E-state index in [4.69, 9.17) is 0 Å². The predicted octanol–water partition coefficient (Wildman–Crippen LogP) is 1.58. The number of nitrogens with zero attached hydrogens (tertiary/aromatic N) is 3. The second kappa shape index (κ2) is 4.36. The molecule has 0 fully saturated rings. The van der Waals surface area contributed by atoms with E-state index in [2.05, 4.69) is 35.3 Å². The molecular formula is C10H12N4O. The number of amides is 1. The van der Waals surface area contributed by atoms with Crippen LogP contribution in [0.4, 0.5) is 5.82 Å². The predicted molar refractivity (Wildman–Crippen MR) is 60.1 cm³/mol. The van der Waals surface area contributed by atoms with Crippen LogP contribution in [0.5, 0.6) is 0 Å². The molecule has 0 saturated carbocycles. The molecule has 78 valence electrons. The van der Waals surface area contributed by atoms with Gasteiger partial charge in [0.25, 0.3) is 5.91 Å². The number of nitrogens with one attached hydrogen (secondary N) is 1. The molecule has 0 bridgehead atoms. The molecule has 5 heteroatoms. The Hall–Kier alpha value is -2.17. The van der Waals surface area contributed by atoms with Gasteiger partial charge < -0.3 is 5.32 Å². The highest BCUT2D eigenvalue weighted by atomic mass is 16.1. The van der Waals surface area contributed by atoms with Crippen molar-refractivity contribution in [3.05, 3.63) is 30.6 Å². The zero-order chi connectivity index (χ0) is 11.4. The monoisotopic (exact) mass is 204 g/mol. The zero-order valence-electron chi connectivity index (χ0n) is 8.53. The van der Waals surface area contributed by atoms with Gasteiger partial charge in [0.05, 0.1) is 6.20 Å². The SMILES string of the molecule is C=Cn1ncc(C(=O)NC(=C)C)c1N=C. The van der Waals surface area contributed by atoms with Crippen LogP contribution in [-0.2, 0) is 0 Å². The Morgan fingerprint density at radius 1 is 1.73 bits per heavy atom. The minimum absolute atomic E-state index is 0.307. The lowest BCUT2D eigenvalue weighted by atomic mass is 10.3. The average Bonchev–Trinajstić information content (AvgIpc) is 2.58. The number of hydrogen-bond acceptors (Lipinski definition) is 3. The molecule has 1 rings (SSSR count). The summed E-state index contributed by atoms with van der Waals surface area (Å²) >= 11 is 0. The smallest absolute Gasteiger partial charge is 0.260 e. The van der Waals surface area contributed by atoms with Crippen LogP contribution in [0.3, 0.4) is 0 Å². The normalized spacial score (nSPS) is 9.40. The number of rotatable bonds is 4. The summed E-state index contributed by atoms with van der Waals surface area (Å²) in [6.45, 7) is 12.2. The summed E-state index contributed by atoms with van der Waals surface area (Å²) in [6, 6.07) is 0. The minimum atomic E-state index is -0.307. The van der Waals surface area contributed by atoms with E-state index in [9.17, 15) is 4.79 Å². The quantitative estimate of drug-likeness (QED) is 0.757. The summed E-state index contributed by atoms with van der Waals surface area (Å²) < 4.78 is 1.38. The summed E-state index contributed by atoms with van der Waals surface area (Å²) in [5.74, 6) is 0.0572. The van der Waals surface area contributed by atoms with Crippen molar-refractivity contribution >= 4 is 24.6 Å². The van der Waals surface area contributed by atoms with E-state index in [0.717, 1.165) is 0 Å². The van der Waals surface area contributed by atoms with E-state index in [0.29, 0.717) is 17.1 Å². The van der Waals surface area contributed by atoms with Crippen LogP contribution in [0, 0.1) is 0 Å². The van der Waals surface area contributed by atoms with E-state index in [-0.39, 0.29) is 5.91 Å². The van der Waals surface area contributed by atoms with Crippen molar-refractivity contribution in [1.82, 2.24) is 15.1 Å². The van der Waals surface area contributed by atoms with Crippen LogP contribution in [0.1, 0.15) is 17.3 Å². The Morgan fingerprint density at radius 3 is 2.87 bits per heavy atom. The van der Waals surface area contributed by atoms with E-state index < -0.39 is 0 Å². The highest BCUT2D eigenvalue weighted by Crippen LogP contribution is 2.18. The summed E-state index contributed by atoms with van der Waals surface area (Å²) in [7, 11) is 0. The summed E-state index contributed by atoms with van der Waals surface area (Å²) in [5.41, 5.74) is 0.897. The molecule has 1 aromatic rings. The van der Waals surface area contributed by atoms with Gasteiger partial charge in [-0.05, 0) is 13.6 Å². The Kier molecular flexibility index (Phi) is 3.17. The minimum Gasteiger partial charge on any atom is -0.326 e. The van der Waals surface area contributed by atoms with Gasteiger partial charge in [0.2, 0.25) is 0 Å². The fourth-order valence-electron chi connectivity index (χ4n) is 1.07. The molecule has 0 aliphatic rings. The Morgan fingerprint density at radius 2 is 2.40 bits per heavy atom. The second-order valence-corrected chi connectivity index (χ2v) is 2.90. The standard InChI is InChI=1S/C10H12N4O/c1-5-14-9(11-4)8(6-12-14)10(15)13-7(2)3/h5-6H,1-2,4H2,3H3,(H,13,15). The molecule has 15 heavy (non-hydrogen) atoms. The molecule has 0 radical (unpaired) electrons. The third-order valence-electron chi connectivity index (χ3n) is 1.66. The Bertz CT molecular complexity index is 431. The van der Waals surface area contributed by atoms with Crippen molar-refractivity contribution < 1.29 is 4.79 Å². The summed E-state index contributed by atoms with van der Waals surface area (Å²) in [4.78, 5) is 15.3. The number of hydrogen-bond donors (Lipinski definition) is 1. The number of carbonyl (C=O) groups excluding carboxylic acids is 1. The van der Waals surface area contributed by atoms with Crippen molar-refractivity contribution in [2.45, 2.75) is 6.92 Å². The maximum atomic E-state index is 11.6. The molecule has 1 amide bonds. The van der Waals surface area contributed by atoms with Crippen molar-refractivity contribution in [2.24, 2.45) is 4.99 Å². The third-order valence-corrected chi connectivity index (χ3v) is 1.66. The molecule has 0 aliphatic heterocycles. The zero-order valence-corrected chi connectivity index (χ0v) is 8.53. The summed E-state index contributed by atoms with van der Waals surface area (Å²) in [6.07, 6.45) is 2.85. The molecule has 0 atom stereocenters. The van der Waals surface area contributed by atoms with Gasteiger partial charge in [-0.2, -0.15) is 5.10 Å². The molecule has 5 nitrogen and oxygen atoms in total. The lowest BCUT2D eigenvalue weighted by Crippen LogP contribution is -2.20. The lowest BCUT2D eigenvalue weighted by molar-refractivity contribution is 0.0967. The fourth-order valence-corrected chi connectivity index (χ4v) is 1.07. The van der Waals surface area contributed by atoms with E-state index >= 15 is 0 Å². The maximum absolute atomic E-state index is 11.6. The van der Waals surface area contributed by atoms with E-state index in [1.165, 1.54) is 17.1 Å². The average molecular weight is 204 g/mol. The first kappa shape index (κ1) is 10.9. The molecule has 1 heterocycles.